The number of benzene rings is 2. The van der Waals surface area contributed by atoms with Crippen LogP contribution in [0.15, 0.2) is 42.5 Å². The van der Waals surface area contributed by atoms with Gasteiger partial charge >= 0.3 is 5.97 Å². The summed E-state index contributed by atoms with van der Waals surface area (Å²) in [6.07, 6.45) is 0. The number of carbonyl (C=O) groups is 1. The van der Waals surface area contributed by atoms with Gasteiger partial charge < -0.3 is 10.8 Å². The Bertz CT molecular complexity index is 522. The molecule has 0 aliphatic heterocycles. The van der Waals surface area contributed by atoms with E-state index in [2.05, 4.69) is 0 Å². The second-order valence-corrected chi connectivity index (χ2v) is 3.73. The van der Waals surface area contributed by atoms with Crippen LogP contribution in [0, 0.1) is 0 Å². The number of rotatable bonds is 3. The molecule has 16 heavy (non-hydrogen) atoms. The van der Waals surface area contributed by atoms with Crippen LogP contribution >= 0.6 is 0 Å². The Morgan fingerprint density at radius 1 is 1.19 bits per heavy atom. The first-order valence-corrected chi connectivity index (χ1v) is 5.14. The van der Waals surface area contributed by atoms with Gasteiger partial charge in [-0.15, -0.1) is 0 Å². The van der Waals surface area contributed by atoms with E-state index in [1.807, 2.05) is 42.5 Å². The lowest BCUT2D eigenvalue weighted by molar-refractivity contribution is -0.138. The molecule has 0 radical (unpaired) electrons. The predicted molar refractivity (Wildman–Crippen MR) is 63.4 cm³/mol. The van der Waals surface area contributed by atoms with E-state index in [0.29, 0.717) is 0 Å². The SMILES string of the molecule is NCC(C(=O)O)c1ccc2ccccc2c1. The minimum absolute atomic E-state index is 0.119. The molecular weight excluding hydrogens is 202 g/mol. The summed E-state index contributed by atoms with van der Waals surface area (Å²) in [7, 11) is 0. The van der Waals surface area contributed by atoms with E-state index in [1.165, 1.54) is 0 Å². The van der Waals surface area contributed by atoms with Gasteiger partial charge in [0.1, 0.15) is 0 Å². The second kappa shape index (κ2) is 4.33. The van der Waals surface area contributed by atoms with Crippen LogP contribution in [0.5, 0.6) is 0 Å². The first-order valence-electron chi connectivity index (χ1n) is 5.14. The van der Waals surface area contributed by atoms with E-state index in [0.717, 1.165) is 16.3 Å². The van der Waals surface area contributed by atoms with Crippen molar-refractivity contribution in [3.63, 3.8) is 0 Å². The van der Waals surface area contributed by atoms with Gasteiger partial charge in [-0.2, -0.15) is 0 Å². The first kappa shape index (κ1) is 10.6. The van der Waals surface area contributed by atoms with Gasteiger partial charge in [-0.05, 0) is 16.3 Å². The Balaban J connectivity index is 2.49. The van der Waals surface area contributed by atoms with Crippen molar-refractivity contribution in [1.82, 2.24) is 0 Å². The maximum Gasteiger partial charge on any atom is 0.312 e. The molecule has 3 N–H and O–H groups in total. The number of hydrogen-bond donors (Lipinski definition) is 2. The van der Waals surface area contributed by atoms with Crippen molar-refractivity contribution in [3.8, 4) is 0 Å². The Morgan fingerprint density at radius 2 is 1.88 bits per heavy atom. The Morgan fingerprint density at radius 3 is 2.50 bits per heavy atom. The molecule has 0 saturated heterocycles. The molecule has 3 heteroatoms. The number of carboxylic acids is 1. The zero-order valence-corrected chi connectivity index (χ0v) is 8.76. The minimum atomic E-state index is -0.877. The molecule has 0 amide bonds. The first-order chi connectivity index (χ1) is 7.72. The summed E-state index contributed by atoms with van der Waals surface area (Å²) < 4.78 is 0. The maximum absolute atomic E-state index is 11.0. The lowest BCUT2D eigenvalue weighted by atomic mass is 9.96. The number of fused-ring (bicyclic) bond motifs is 1. The molecule has 0 bridgehead atoms. The monoisotopic (exact) mass is 215 g/mol. The zero-order chi connectivity index (χ0) is 11.5. The highest BCUT2D eigenvalue weighted by Crippen LogP contribution is 2.21. The third-order valence-electron chi connectivity index (χ3n) is 2.71. The lowest BCUT2D eigenvalue weighted by Crippen LogP contribution is -2.20. The summed E-state index contributed by atoms with van der Waals surface area (Å²) in [5.41, 5.74) is 6.23. The van der Waals surface area contributed by atoms with Crippen molar-refractivity contribution >= 4 is 16.7 Å². The Kier molecular flexibility index (Phi) is 2.88. The van der Waals surface area contributed by atoms with Crippen LogP contribution in [0.1, 0.15) is 11.5 Å². The second-order valence-electron chi connectivity index (χ2n) is 3.73. The summed E-state index contributed by atoms with van der Waals surface area (Å²) in [4.78, 5) is 11.0. The standard InChI is InChI=1S/C13H13NO2/c14-8-12(13(15)16)11-6-5-9-3-1-2-4-10(9)7-11/h1-7,12H,8,14H2,(H,15,16). The van der Waals surface area contributed by atoms with Crippen LogP contribution in [-0.4, -0.2) is 17.6 Å². The number of carboxylic acid groups (broad SMARTS) is 1. The van der Waals surface area contributed by atoms with Crippen molar-refractivity contribution in [2.75, 3.05) is 6.54 Å². The van der Waals surface area contributed by atoms with Crippen molar-refractivity contribution in [2.24, 2.45) is 5.73 Å². The summed E-state index contributed by atoms with van der Waals surface area (Å²) in [6.45, 7) is 0.119. The molecule has 2 rings (SSSR count). The minimum Gasteiger partial charge on any atom is -0.481 e. The summed E-state index contributed by atoms with van der Waals surface area (Å²) in [5, 5.41) is 11.2. The highest BCUT2D eigenvalue weighted by atomic mass is 16.4. The van der Waals surface area contributed by atoms with Gasteiger partial charge in [-0.3, -0.25) is 4.79 Å². The highest BCUT2D eigenvalue weighted by molar-refractivity contribution is 5.85. The van der Waals surface area contributed by atoms with Gasteiger partial charge in [0.25, 0.3) is 0 Å². The van der Waals surface area contributed by atoms with Gasteiger partial charge in [0.15, 0.2) is 0 Å². The molecule has 0 aromatic heterocycles. The zero-order valence-electron chi connectivity index (χ0n) is 8.76. The Hall–Kier alpha value is -1.87. The van der Waals surface area contributed by atoms with Gasteiger partial charge in [0.2, 0.25) is 0 Å². The maximum atomic E-state index is 11.0. The van der Waals surface area contributed by atoms with Crippen molar-refractivity contribution in [1.29, 1.82) is 0 Å². The normalized spacial score (nSPS) is 12.6. The molecule has 82 valence electrons. The molecule has 0 heterocycles. The van der Waals surface area contributed by atoms with Crippen molar-refractivity contribution < 1.29 is 9.90 Å². The number of hydrogen-bond acceptors (Lipinski definition) is 2. The third kappa shape index (κ3) is 1.90. The van der Waals surface area contributed by atoms with Gasteiger partial charge in [0, 0.05) is 6.54 Å². The quantitative estimate of drug-likeness (QED) is 0.822. The van der Waals surface area contributed by atoms with Gasteiger partial charge in [-0.1, -0.05) is 42.5 Å². The summed E-state index contributed by atoms with van der Waals surface area (Å²) in [5.74, 6) is -1.50. The van der Waals surface area contributed by atoms with Crippen LogP contribution in [0.25, 0.3) is 10.8 Å². The average Bonchev–Trinajstić information content (AvgIpc) is 2.29. The fourth-order valence-electron chi connectivity index (χ4n) is 1.80. The van der Waals surface area contributed by atoms with Crippen LogP contribution in [0.2, 0.25) is 0 Å². The molecule has 2 aromatic carbocycles. The topological polar surface area (TPSA) is 63.3 Å². The number of aliphatic carboxylic acids is 1. The van der Waals surface area contributed by atoms with E-state index in [4.69, 9.17) is 10.8 Å². The van der Waals surface area contributed by atoms with E-state index in [1.54, 1.807) is 0 Å². The average molecular weight is 215 g/mol. The molecular formula is C13H13NO2. The van der Waals surface area contributed by atoms with Crippen LogP contribution < -0.4 is 5.73 Å². The molecule has 0 aliphatic carbocycles. The molecule has 1 unspecified atom stereocenters. The molecule has 0 saturated carbocycles. The van der Waals surface area contributed by atoms with Crippen LogP contribution in [-0.2, 0) is 4.79 Å². The van der Waals surface area contributed by atoms with Gasteiger partial charge in [-0.25, -0.2) is 0 Å². The van der Waals surface area contributed by atoms with E-state index < -0.39 is 11.9 Å². The lowest BCUT2D eigenvalue weighted by Gasteiger charge is -2.10. The van der Waals surface area contributed by atoms with Crippen molar-refractivity contribution in [3.05, 3.63) is 48.0 Å². The Labute approximate surface area is 93.5 Å². The van der Waals surface area contributed by atoms with Crippen molar-refractivity contribution in [2.45, 2.75) is 5.92 Å². The molecule has 3 nitrogen and oxygen atoms in total. The van der Waals surface area contributed by atoms with Crippen LogP contribution in [0.4, 0.5) is 0 Å². The fraction of sp³-hybridized carbons (Fsp3) is 0.154. The van der Waals surface area contributed by atoms with Gasteiger partial charge in [0.05, 0.1) is 5.92 Å². The molecule has 1 atom stereocenters. The van der Waals surface area contributed by atoms with E-state index in [-0.39, 0.29) is 6.54 Å². The summed E-state index contributed by atoms with van der Waals surface area (Å²) >= 11 is 0. The smallest absolute Gasteiger partial charge is 0.312 e. The van der Waals surface area contributed by atoms with Crippen LogP contribution in [0.3, 0.4) is 0 Å². The third-order valence-corrected chi connectivity index (χ3v) is 2.71. The molecule has 0 aliphatic rings. The fourth-order valence-corrected chi connectivity index (χ4v) is 1.80. The highest BCUT2D eigenvalue weighted by Gasteiger charge is 2.17. The van der Waals surface area contributed by atoms with E-state index >= 15 is 0 Å². The van der Waals surface area contributed by atoms with E-state index in [9.17, 15) is 4.79 Å². The molecule has 0 fully saturated rings. The molecule has 2 aromatic rings. The largest absolute Gasteiger partial charge is 0.481 e. The summed E-state index contributed by atoms with van der Waals surface area (Å²) in [6, 6.07) is 13.5. The predicted octanol–water partition coefficient (Wildman–Crippen LogP) is 1.97. The molecule has 0 spiro atoms. The number of nitrogens with two attached hydrogens (primary N) is 1.